The van der Waals surface area contributed by atoms with E-state index in [0.29, 0.717) is 19.7 Å². The van der Waals surface area contributed by atoms with Crippen LogP contribution in [0.5, 0.6) is 0 Å². The molecule has 1 saturated heterocycles. The number of hydrogen-bond acceptors (Lipinski definition) is 3. The molecule has 1 aliphatic heterocycles. The van der Waals surface area contributed by atoms with Crippen LogP contribution >= 0.6 is 0 Å². The Bertz CT molecular complexity index is 411. The number of rotatable bonds is 2. The van der Waals surface area contributed by atoms with Crippen LogP contribution in [0.2, 0.25) is 0 Å². The molecule has 0 bridgehead atoms. The second-order valence-electron chi connectivity index (χ2n) is 4.01. The van der Waals surface area contributed by atoms with Gasteiger partial charge in [-0.15, -0.1) is 0 Å². The first kappa shape index (κ1) is 12.0. The van der Waals surface area contributed by atoms with Crippen LogP contribution in [0.4, 0.5) is 4.39 Å². The largest absolute Gasteiger partial charge is 0.375 e. The molecule has 17 heavy (non-hydrogen) atoms. The fourth-order valence-electron chi connectivity index (χ4n) is 1.87. The van der Waals surface area contributed by atoms with Crippen LogP contribution in [0.1, 0.15) is 23.7 Å². The van der Waals surface area contributed by atoms with Crippen molar-refractivity contribution in [3.05, 3.63) is 29.8 Å². The molecule has 1 atom stereocenters. The van der Waals surface area contributed by atoms with Crippen molar-refractivity contribution in [2.24, 2.45) is 0 Å². The van der Waals surface area contributed by atoms with Crippen molar-refractivity contribution in [1.82, 2.24) is 9.88 Å². The Morgan fingerprint density at radius 1 is 1.71 bits per heavy atom. The Balaban J connectivity index is 2.12. The van der Waals surface area contributed by atoms with Gasteiger partial charge in [-0.05, 0) is 12.5 Å². The molecule has 0 radical (unpaired) electrons. The van der Waals surface area contributed by atoms with E-state index in [2.05, 4.69) is 4.98 Å². The average Bonchev–Trinajstić information content (AvgIpc) is 2.38. The van der Waals surface area contributed by atoms with Gasteiger partial charge in [-0.1, -0.05) is 6.92 Å². The van der Waals surface area contributed by atoms with Crippen LogP contribution < -0.4 is 0 Å². The summed E-state index contributed by atoms with van der Waals surface area (Å²) in [6.07, 6.45) is 3.39. The Labute approximate surface area is 99.4 Å². The molecule has 4 nitrogen and oxygen atoms in total. The van der Waals surface area contributed by atoms with Crippen LogP contribution in [0, 0.1) is 5.82 Å². The third-order valence-corrected chi connectivity index (χ3v) is 2.88. The molecule has 5 heteroatoms. The number of nitrogens with zero attached hydrogens (tertiary/aromatic N) is 2. The van der Waals surface area contributed by atoms with Gasteiger partial charge in [0.25, 0.3) is 5.91 Å². The summed E-state index contributed by atoms with van der Waals surface area (Å²) in [6.45, 7) is 3.55. The molecule has 2 rings (SSSR count). The number of morpholine rings is 1. The highest BCUT2D eigenvalue weighted by Crippen LogP contribution is 2.13. The second-order valence-corrected chi connectivity index (χ2v) is 4.01. The molecule has 92 valence electrons. The van der Waals surface area contributed by atoms with E-state index in [4.69, 9.17) is 4.74 Å². The summed E-state index contributed by atoms with van der Waals surface area (Å²) in [5, 5.41) is 0. The SMILES string of the molecule is CCC1CN(C(=O)c2ccncc2F)CCO1. The smallest absolute Gasteiger partial charge is 0.257 e. The van der Waals surface area contributed by atoms with Gasteiger partial charge >= 0.3 is 0 Å². The van der Waals surface area contributed by atoms with E-state index in [9.17, 15) is 9.18 Å². The van der Waals surface area contributed by atoms with Gasteiger partial charge in [0.05, 0.1) is 24.5 Å². The molecule has 1 aromatic heterocycles. The molecule has 0 N–H and O–H groups in total. The van der Waals surface area contributed by atoms with Crippen LogP contribution in [0.3, 0.4) is 0 Å². The highest BCUT2D eigenvalue weighted by molar-refractivity contribution is 5.94. The fourth-order valence-corrected chi connectivity index (χ4v) is 1.87. The minimum Gasteiger partial charge on any atom is -0.375 e. The molecular weight excluding hydrogens is 223 g/mol. The summed E-state index contributed by atoms with van der Waals surface area (Å²) in [6, 6.07) is 1.41. The summed E-state index contributed by atoms with van der Waals surface area (Å²) in [7, 11) is 0. The minimum absolute atomic E-state index is 0.0533. The first-order valence-electron chi connectivity index (χ1n) is 5.72. The molecule has 0 aromatic carbocycles. The average molecular weight is 238 g/mol. The van der Waals surface area contributed by atoms with Crippen LogP contribution in [0.25, 0.3) is 0 Å². The van der Waals surface area contributed by atoms with Crippen molar-refractivity contribution in [2.45, 2.75) is 19.4 Å². The number of amides is 1. The molecule has 1 unspecified atom stereocenters. The zero-order chi connectivity index (χ0) is 12.3. The number of carbonyl (C=O) groups excluding carboxylic acids is 1. The van der Waals surface area contributed by atoms with Gasteiger partial charge in [-0.2, -0.15) is 0 Å². The van der Waals surface area contributed by atoms with E-state index in [1.165, 1.54) is 12.3 Å². The first-order valence-corrected chi connectivity index (χ1v) is 5.72. The standard InChI is InChI=1S/C12H15FN2O2/c1-2-9-8-15(5-6-17-9)12(16)10-3-4-14-7-11(10)13/h3-4,7,9H,2,5-6,8H2,1H3. The van der Waals surface area contributed by atoms with E-state index in [-0.39, 0.29) is 17.6 Å². The highest BCUT2D eigenvalue weighted by Gasteiger charge is 2.25. The maximum Gasteiger partial charge on any atom is 0.257 e. The predicted molar refractivity (Wildman–Crippen MR) is 60.1 cm³/mol. The predicted octanol–water partition coefficient (Wildman–Crippen LogP) is 1.47. The summed E-state index contributed by atoms with van der Waals surface area (Å²) < 4.78 is 18.9. The van der Waals surface area contributed by atoms with Gasteiger partial charge in [-0.3, -0.25) is 9.78 Å². The van der Waals surface area contributed by atoms with Crippen molar-refractivity contribution in [1.29, 1.82) is 0 Å². The Kier molecular flexibility index (Phi) is 3.68. The molecule has 0 aliphatic carbocycles. The topological polar surface area (TPSA) is 42.4 Å². The Morgan fingerprint density at radius 2 is 2.53 bits per heavy atom. The van der Waals surface area contributed by atoms with Crippen molar-refractivity contribution < 1.29 is 13.9 Å². The van der Waals surface area contributed by atoms with E-state index in [1.807, 2.05) is 6.92 Å². The molecule has 1 aromatic rings. The summed E-state index contributed by atoms with van der Waals surface area (Å²) in [4.78, 5) is 17.4. The van der Waals surface area contributed by atoms with Gasteiger partial charge in [0.1, 0.15) is 0 Å². The van der Waals surface area contributed by atoms with Crippen molar-refractivity contribution in [3.63, 3.8) is 0 Å². The lowest BCUT2D eigenvalue weighted by Gasteiger charge is -2.32. The van der Waals surface area contributed by atoms with Crippen molar-refractivity contribution >= 4 is 5.91 Å². The number of pyridine rings is 1. The third kappa shape index (κ3) is 2.61. The second kappa shape index (κ2) is 5.23. The van der Waals surface area contributed by atoms with Crippen LogP contribution in [-0.4, -0.2) is 41.6 Å². The lowest BCUT2D eigenvalue weighted by Crippen LogP contribution is -2.45. The molecule has 2 heterocycles. The summed E-state index contributed by atoms with van der Waals surface area (Å²) >= 11 is 0. The minimum atomic E-state index is -0.572. The first-order chi connectivity index (χ1) is 8.22. The molecule has 0 saturated carbocycles. The third-order valence-electron chi connectivity index (χ3n) is 2.88. The van der Waals surface area contributed by atoms with Gasteiger partial charge < -0.3 is 9.64 Å². The van der Waals surface area contributed by atoms with E-state index < -0.39 is 5.82 Å². The molecule has 0 spiro atoms. The van der Waals surface area contributed by atoms with Gasteiger partial charge in [0.2, 0.25) is 0 Å². The molecule has 1 fully saturated rings. The molecule has 1 aliphatic rings. The molecule has 1 amide bonds. The van der Waals surface area contributed by atoms with Gasteiger partial charge in [0.15, 0.2) is 5.82 Å². The van der Waals surface area contributed by atoms with Crippen LogP contribution in [0.15, 0.2) is 18.5 Å². The van der Waals surface area contributed by atoms with Crippen LogP contribution in [-0.2, 0) is 4.74 Å². The van der Waals surface area contributed by atoms with Gasteiger partial charge in [-0.25, -0.2) is 4.39 Å². The monoisotopic (exact) mass is 238 g/mol. The quantitative estimate of drug-likeness (QED) is 0.783. The van der Waals surface area contributed by atoms with E-state index in [0.717, 1.165) is 12.6 Å². The number of hydrogen-bond donors (Lipinski definition) is 0. The van der Waals surface area contributed by atoms with Gasteiger partial charge in [0, 0.05) is 19.3 Å². The highest BCUT2D eigenvalue weighted by atomic mass is 19.1. The lowest BCUT2D eigenvalue weighted by atomic mass is 10.1. The maximum atomic E-state index is 13.4. The summed E-state index contributed by atoms with van der Waals surface area (Å²) in [5.41, 5.74) is 0.0803. The Hall–Kier alpha value is -1.49. The molecular formula is C12H15FN2O2. The zero-order valence-electron chi connectivity index (χ0n) is 9.73. The number of ether oxygens (including phenoxy) is 1. The van der Waals surface area contributed by atoms with Crippen molar-refractivity contribution in [3.8, 4) is 0 Å². The lowest BCUT2D eigenvalue weighted by molar-refractivity contribution is -0.0227. The fraction of sp³-hybridized carbons (Fsp3) is 0.500. The summed E-state index contributed by atoms with van der Waals surface area (Å²) in [5.74, 6) is -0.858. The Morgan fingerprint density at radius 3 is 3.24 bits per heavy atom. The number of aromatic nitrogens is 1. The zero-order valence-corrected chi connectivity index (χ0v) is 9.73. The van der Waals surface area contributed by atoms with E-state index in [1.54, 1.807) is 4.90 Å². The normalized spacial score (nSPS) is 20.4. The van der Waals surface area contributed by atoms with E-state index >= 15 is 0 Å². The number of halogens is 1. The maximum absolute atomic E-state index is 13.4. The van der Waals surface area contributed by atoms with Crippen molar-refractivity contribution in [2.75, 3.05) is 19.7 Å². The number of carbonyl (C=O) groups is 1.